The molecule has 0 bridgehead atoms. The van der Waals surface area contributed by atoms with E-state index in [9.17, 15) is 4.39 Å². The number of nitrogens with zero attached hydrogens (tertiary/aromatic N) is 3. The first-order valence-corrected chi connectivity index (χ1v) is 12.5. The normalized spacial score (nSPS) is 17.0. The summed E-state index contributed by atoms with van der Waals surface area (Å²) in [4.78, 5) is 12.0. The molecule has 8 heteroatoms. The lowest BCUT2D eigenvalue weighted by atomic mass is 9.84. The predicted octanol–water partition coefficient (Wildman–Crippen LogP) is 4.86. The molecule has 0 amide bonds. The maximum Gasteiger partial charge on any atom is 0.161 e. The van der Waals surface area contributed by atoms with Crippen molar-refractivity contribution in [2.24, 2.45) is 5.16 Å². The van der Waals surface area contributed by atoms with Crippen molar-refractivity contribution >= 4 is 5.71 Å². The molecule has 3 heterocycles. The molecular formula is C29H32FN3O4. The SMILES string of the molecule is COc1ccc(C(=NOCCF)c2ccc(CN3CCC4(CC3)OCc3ccncc34)cc2)cc1OC. The lowest BCUT2D eigenvalue weighted by Crippen LogP contribution is -2.42. The Balaban J connectivity index is 1.28. The molecule has 2 aliphatic rings. The quantitative estimate of drug-likeness (QED) is 0.235. The minimum absolute atomic E-state index is 0.102. The first-order chi connectivity index (χ1) is 18.2. The largest absolute Gasteiger partial charge is 0.493 e. The van der Waals surface area contributed by atoms with E-state index in [0.29, 0.717) is 23.8 Å². The van der Waals surface area contributed by atoms with Gasteiger partial charge in [-0.05, 0) is 48.2 Å². The van der Waals surface area contributed by atoms with Gasteiger partial charge < -0.3 is 19.0 Å². The minimum atomic E-state index is -0.605. The summed E-state index contributed by atoms with van der Waals surface area (Å²) in [5.74, 6) is 1.21. The molecule has 7 nitrogen and oxygen atoms in total. The van der Waals surface area contributed by atoms with Crippen LogP contribution in [0, 0.1) is 0 Å². The molecule has 0 N–H and O–H groups in total. The van der Waals surface area contributed by atoms with Crippen LogP contribution in [0.3, 0.4) is 0 Å². The maximum absolute atomic E-state index is 12.7. The summed E-state index contributed by atoms with van der Waals surface area (Å²) in [5, 5.41) is 4.24. The van der Waals surface area contributed by atoms with Crippen molar-refractivity contribution in [2.45, 2.75) is 31.6 Å². The summed E-state index contributed by atoms with van der Waals surface area (Å²) in [6, 6.07) is 15.9. The second-order valence-corrected chi connectivity index (χ2v) is 9.32. The smallest absolute Gasteiger partial charge is 0.161 e. The number of methoxy groups -OCH3 is 2. The second-order valence-electron chi connectivity index (χ2n) is 9.32. The second kappa shape index (κ2) is 11.3. The molecule has 1 aromatic heterocycles. The molecule has 0 unspecified atom stereocenters. The van der Waals surface area contributed by atoms with Gasteiger partial charge >= 0.3 is 0 Å². The number of alkyl halides is 1. The standard InChI is InChI=1S/C29H32FN3O4/c1-34-26-8-7-23(17-27(26)35-2)28(32-37-16-12-30)22-5-3-21(4-6-22)19-33-14-10-29(11-15-33)25-18-31-13-9-24(25)20-36-29/h3-9,13,17-18H,10-12,14-16,19-20H2,1-2H3. The summed E-state index contributed by atoms with van der Waals surface area (Å²) in [6.45, 7) is 2.76. The zero-order valence-corrected chi connectivity index (χ0v) is 21.3. The molecule has 2 aromatic carbocycles. The number of aromatic nitrogens is 1. The number of hydrogen-bond donors (Lipinski definition) is 0. The Labute approximate surface area is 216 Å². The Morgan fingerprint density at radius 1 is 1.03 bits per heavy atom. The summed E-state index contributed by atoms with van der Waals surface area (Å²) < 4.78 is 29.7. The molecule has 2 aliphatic heterocycles. The molecule has 0 atom stereocenters. The Morgan fingerprint density at radius 3 is 2.51 bits per heavy atom. The molecule has 0 saturated carbocycles. The first-order valence-electron chi connectivity index (χ1n) is 12.5. The third-order valence-electron chi connectivity index (χ3n) is 7.18. The average Bonchev–Trinajstić information content (AvgIpc) is 3.31. The fourth-order valence-electron chi connectivity index (χ4n) is 5.17. The van der Waals surface area contributed by atoms with Crippen LogP contribution in [0.5, 0.6) is 11.5 Å². The first kappa shape index (κ1) is 25.2. The van der Waals surface area contributed by atoms with Crippen molar-refractivity contribution in [3.05, 3.63) is 88.7 Å². The van der Waals surface area contributed by atoms with Gasteiger partial charge in [0.15, 0.2) is 11.5 Å². The van der Waals surface area contributed by atoms with Crippen LogP contribution in [0.1, 0.15) is 40.7 Å². The van der Waals surface area contributed by atoms with E-state index in [4.69, 9.17) is 19.0 Å². The molecule has 0 aliphatic carbocycles. The lowest BCUT2D eigenvalue weighted by Gasteiger charge is -2.39. The number of fused-ring (bicyclic) bond motifs is 2. The Hall–Kier alpha value is -3.49. The number of halogens is 1. The van der Waals surface area contributed by atoms with Gasteiger partial charge in [-0.3, -0.25) is 9.88 Å². The van der Waals surface area contributed by atoms with Crippen LogP contribution in [0.25, 0.3) is 0 Å². The van der Waals surface area contributed by atoms with Gasteiger partial charge in [0.2, 0.25) is 0 Å². The number of ether oxygens (including phenoxy) is 3. The molecule has 5 rings (SSSR count). The summed E-state index contributed by atoms with van der Waals surface area (Å²) in [5.41, 5.74) is 5.82. The van der Waals surface area contributed by atoms with Crippen molar-refractivity contribution in [2.75, 3.05) is 40.6 Å². The molecule has 0 radical (unpaired) electrons. The van der Waals surface area contributed by atoms with Gasteiger partial charge in [-0.1, -0.05) is 29.4 Å². The van der Waals surface area contributed by atoms with Crippen molar-refractivity contribution < 1.29 is 23.4 Å². The number of pyridine rings is 1. The molecule has 1 fully saturated rings. The van der Waals surface area contributed by atoms with Crippen molar-refractivity contribution in [3.8, 4) is 11.5 Å². The Bertz CT molecular complexity index is 1240. The van der Waals surface area contributed by atoms with Crippen molar-refractivity contribution in [1.29, 1.82) is 0 Å². The number of rotatable bonds is 9. The third kappa shape index (κ3) is 5.31. The zero-order valence-electron chi connectivity index (χ0n) is 21.3. The van der Waals surface area contributed by atoms with E-state index in [-0.39, 0.29) is 12.2 Å². The number of oxime groups is 1. The van der Waals surface area contributed by atoms with Crippen LogP contribution in [0.2, 0.25) is 0 Å². The topological polar surface area (TPSA) is 65.4 Å². The third-order valence-corrected chi connectivity index (χ3v) is 7.18. The Morgan fingerprint density at radius 2 is 1.78 bits per heavy atom. The minimum Gasteiger partial charge on any atom is -0.493 e. The van der Waals surface area contributed by atoms with Crippen LogP contribution < -0.4 is 9.47 Å². The van der Waals surface area contributed by atoms with E-state index in [0.717, 1.165) is 43.6 Å². The van der Waals surface area contributed by atoms with E-state index in [2.05, 4.69) is 33.2 Å². The molecule has 194 valence electrons. The summed E-state index contributed by atoms with van der Waals surface area (Å²) in [7, 11) is 3.18. The predicted molar refractivity (Wildman–Crippen MR) is 139 cm³/mol. The summed E-state index contributed by atoms with van der Waals surface area (Å²) >= 11 is 0. The summed E-state index contributed by atoms with van der Waals surface area (Å²) in [6.07, 6.45) is 5.75. The van der Waals surface area contributed by atoms with Crippen LogP contribution in [-0.4, -0.2) is 56.2 Å². The molecular weight excluding hydrogens is 473 g/mol. The average molecular weight is 506 g/mol. The highest BCUT2D eigenvalue weighted by molar-refractivity contribution is 6.12. The van der Waals surface area contributed by atoms with Gasteiger partial charge in [0.1, 0.15) is 19.0 Å². The molecule has 37 heavy (non-hydrogen) atoms. The van der Waals surface area contributed by atoms with Gasteiger partial charge in [0.25, 0.3) is 0 Å². The highest BCUT2D eigenvalue weighted by Gasteiger charge is 2.42. The van der Waals surface area contributed by atoms with E-state index in [1.165, 1.54) is 16.7 Å². The maximum atomic E-state index is 12.7. The number of likely N-dealkylation sites (tertiary alicyclic amines) is 1. The van der Waals surface area contributed by atoms with E-state index in [1.807, 2.05) is 42.7 Å². The fraction of sp³-hybridized carbons (Fsp3) is 0.379. The van der Waals surface area contributed by atoms with Gasteiger partial charge in [0.05, 0.1) is 26.4 Å². The lowest BCUT2D eigenvalue weighted by molar-refractivity contribution is -0.0800. The number of piperidine rings is 1. The van der Waals surface area contributed by atoms with Gasteiger partial charge in [0, 0.05) is 48.7 Å². The van der Waals surface area contributed by atoms with Crippen molar-refractivity contribution in [3.63, 3.8) is 0 Å². The van der Waals surface area contributed by atoms with Crippen LogP contribution in [-0.2, 0) is 28.3 Å². The van der Waals surface area contributed by atoms with Gasteiger partial charge in [-0.25, -0.2) is 4.39 Å². The highest BCUT2D eigenvalue weighted by atomic mass is 19.1. The Kier molecular flexibility index (Phi) is 7.67. The van der Waals surface area contributed by atoms with E-state index < -0.39 is 6.67 Å². The van der Waals surface area contributed by atoms with Crippen molar-refractivity contribution in [1.82, 2.24) is 9.88 Å². The number of hydrogen-bond acceptors (Lipinski definition) is 7. The molecule has 1 saturated heterocycles. The van der Waals surface area contributed by atoms with E-state index >= 15 is 0 Å². The van der Waals surface area contributed by atoms with Crippen LogP contribution in [0.4, 0.5) is 4.39 Å². The fourth-order valence-corrected chi connectivity index (χ4v) is 5.17. The van der Waals surface area contributed by atoms with Crippen LogP contribution in [0.15, 0.2) is 66.1 Å². The van der Waals surface area contributed by atoms with Crippen LogP contribution >= 0.6 is 0 Å². The van der Waals surface area contributed by atoms with Gasteiger partial charge in [-0.15, -0.1) is 0 Å². The highest BCUT2D eigenvalue weighted by Crippen LogP contribution is 2.43. The zero-order chi connectivity index (χ0) is 25.7. The van der Waals surface area contributed by atoms with E-state index in [1.54, 1.807) is 14.2 Å². The monoisotopic (exact) mass is 505 g/mol. The molecule has 3 aromatic rings. The number of benzene rings is 2. The van der Waals surface area contributed by atoms with Gasteiger partial charge in [-0.2, -0.15) is 0 Å². The molecule has 1 spiro atoms.